The smallest absolute Gasteiger partial charge is 0.273 e. The molecular formula is C16H26N2O3. The predicted molar refractivity (Wildman–Crippen MR) is 84.9 cm³/mol. The molecule has 1 aromatic rings. The number of nitrogens with zero attached hydrogens (tertiary/aromatic N) is 1. The average molecular weight is 294 g/mol. The van der Waals surface area contributed by atoms with Gasteiger partial charge in [0.05, 0.1) is 18.1 Å². The van der Waals surface area contributed by atoms with Gasteiger partial charge in [-0.25, -0.2) is 0 Å². The molecule has 118 valence electrons. The van der Waals surface area contributed by atoms with Crippen molar-refractivity contribution >= 4 is 5.69 Å². The number of nitrogens with one attached hydrogen (secondary N) is 1. The fraction of sp³-hybridized carbons (Fsp3) is 0.625. The second kappa shape index (κ2) is 8.62. The lowest BCUT2D eigenvalue weighted by Gasteiger charge is -2.24. The molecule has 0 bridgehead atoms. The largest absolute Gasteiger partial charge is 0.496 e. The Kier molecular flexibility index (Phi) is 7.15. The zero-order chi connectivity index (χ0) is 15.8. The van der Waals surface area contributed by atoms with E-state index in [0.717, 1.165) is 31.4 Å². The fourth-order valence-electron chi connectivity index (χ4n) is 2.50. The molecule has 0 amide bonds. The molecule has 2 atom stereocenters. The van der Waals surface area contributed by atoms with Crippen molar-refractivity contribution in [1.82, 2.24) is 5.32 Å². The molecule has 21 heavy (non-hydrogen) atoms. The summed E-state index contributed by atoms with van der Waals surface area (Å²) in [4.78, 5) is 10.6. The summed E-state index contributed by atoms with van der Waals surface area (Å²) < 4.78 is 5.17. The fourth-order valence-corrected chi connectivity index (χ4v) is 2.50. The van der Waals surface area contributed by atoms with Gasteiger partial charge in [0, 0.05) is 12.1 Å². The van der Waals surface area contributed by atoms with Crippen LogP contribution in [0.1, 0.15) is 39.2 Å². The Morgan fingerprint density at radius 2 is 2.05 bits per heavy atom. The first-order chi connectivity index (χ1) is 10.0. The molecule has 0 radical (unpaired) electrons. The van der Waals surface area contributed by atoms with E-state index in [9.17, 15) is 10.1 Å². The molecule has 1 N–H and O–H groups in total. The Bertz CT molecular complexity index is 463. The van der Waals surface area contributed by atoms with Gasteiger partial charge in [0.1, 0.15) is 5.75 Å². The second-order valence-electron chi connectivity index (χ2n) is 5.41. The lowest BCUT2D eigenvalue weighted by atomic mass is 9.90. The van der Waals surface area contributed by atoms with Crippen LogP contribution in [0.25, 0.3) is 0 Å². The first kappa shape index (κ1) is 17.4. The van der Waals surface area contributed by atoms with Gasteiger partial charge in [-0.05, 0) is 43.9 Å². The topological polar surface area (TPSA) is 64.4 Å². The summed E-state index contributed by atoms with van der Waals surface area (Å²) in [5, 5.41) is 14.5. The number of ether oxygens (including phenoxy) is 1. The third-order valence-corrected chi connectivity index (χ3v) is 3.84. The van der Waals surface area contributed by atoms with Crippen molar-refractivity contribution in [3.63, 3.8) is 0 Å². The van der Waals surface area contributed by atoms with E-state index in [0.29, 0.717) is 17.7 Å². The first-order valence-corrected chi connectivity index (χ1v) is 7.57. The molecule has 0 fully saturated rings. The molecule has 2 unspecified atom stereocenters. The summed E-state index contributed by atoms with van der Waals surface area (Å²) in [6.45, 7) is 7.48. The van der Waals surface area contributed by atoms with E-state index in [1.54, 1.807) is 6.07 Å². The Balaban J connectivity index is 2.88. The van der Waals surface area contributed by atoms with E-state index in [1.165, 1.54) is 13.2 Å². The van der Waals surface area contributed by atoms with Crippen molar-refractivity contribution in [1.29, 1.82) is 0 Å². The van der Waals surface area contributed by atoms with Crippen LogP contribution in [0.3, 0.4) is 0 Å². The minimum Gasteiger partial charge on any atom is -0.496 e. The molecule has 0 saturated heterocycles. The van der Waals surface area contributed by atoms with E-state index < -0.39 is 0 Å². The quantitative estimate of drug-likeness (QED) is 0.558. The number of methoxy groups -OCH3 is 1. The Labute approximate surface area is 126 Å². The van der Waals surface area contributed by atoms with E-state index in [1.807, 2.05) is 6.07 Å². The van der Waals surface area contributed by atoms with Crippen LogP contribution in [-0.2, 0) is 6.42 Å². The zero-order valence-corrected chi connectivity index (χ0v) is 13.4. The lowest BCUT2D eigenvalue weighted by molar-refractivity contribution is -0.385. The van der Waals surface area contributed by atoms with Crippen molar-refractivity contribution in [2.45, 2.75) is 46.1 Å². The minimum atomic E-state index is -0.369. The van der Waals surface area contributed by atoms with Gasteiger partial charge in [-0.15, -0.1) is 0 Å². The van der Waals surface area contributed by atoms with E-state index in [4.69, 9.17) is 4.74 Å². The third-order valence-electron chi connectivity index (χ3n) is 3.84. The molecule has 0 aliphatic carbocycles. The molecule has 1 rings (SSSR count). The molecule has 0 spiro atoms. The Hall–Kier alpha value is -1.62. The number of non-ortho nitro benzene ring substituents is 1. The maximum absolute atomic E-state index is 11.0. The summed E-state index contributed by atoms with van der Waals surface area (Å²) in [6, 6.07) is 5.39. The summed E-state index contributed by atoms with van der Waals surface area (Å²) >= 11 is 0. The second-order valence-corrected chi connectivity index (χ2v) is 5.41. The SMILES string of the molecule is CCCNC(C)C(CC)Cc1cc(OC)cc([N+](=O)[O-])c1. The summed E-state index contributed by atoms with van der Waals surface area (Å²) in [5.74, 6) is 0.992. The van der Waals surface area contributed by atoms with E-state index in [2.05, 4.69) is 26.1 Å². The van der Waals surface area contributed by atoms with Gasteiger partial charge in [0.15, 0.2) is 0 Å². The number of benzene rings is 1. The molecular weight excluding hydrogens is 268 g/mol. The number of rotatable bonds is 9. The first-order valence-electron chi connectivity index (χ1n) is 7.57. The highest BCUT2D eigenvalue weighted by Crippen LogP contribution is 2.26. The van der Waals surface area contributed by atoms with Crippen LogP contribution in [0.4, 0.5) is 5.69 Å². The molecule has 0 aliphatic heterocycles. The normalized spacial score (nSPS) is 13.7. The van der Waals surface area contributed by atoms with Crippen molar-refractivity contribution in [2.75, 3.05) is 13.7 Å². The van der Waals surface area contributed by atoms with Crippen LogP contribution >= 0.6 is 0 Å². The van der Waals surface area contributed by atoms with Gasteiger partial charge in [-0.1, -0.05) is 20.3 Å². The van der Waals surface area contributed by atoms with Gasteiger partial charge in [-0.3, -0.25) is 10.1 Å². The van der Waals surface area contributed by atoms with Gasteiger partial charge in [-0.2, -0.15) is 0 Å². The van der Waals surface area contributed by atoms with Crippen LogP contribution in [0, 0.1) is 16.0 Å². The summed E-state index contributed by atoms with van der Waals surface area (Å²) in [5.41, 5.74) is 1.05. The molecule has 5 heteroatoms. The maximum atomic E-state index is 11.0. The zero-order valence-electron chi connectivity index (χ0n) is 13.4. The van der Waals surface area contributed by atoms with Crippen LogP contribution in [0.5, 0.6) is 5.75 Å². The average Bonchev–Trinajstić information content (AvgIpc) is 2.49. The number of nitro benzene ring substituents is 1. The van der Waals surface area contributed by atoms with Crippen molar-refractivity contribution in [2.24, 2.45) is 5.92 Å². The summed E-state index contributed by atoms with van der Waals surface area (Å²) in [7, 11) is 1.53. The van der Waals surface area contributed by atoms with Crippen LogP contribution in [-0.4, -0.2) is 24.6 Å². The number of hydrogen-bond acceptors (Lipinski definition) is 4. The van der Waals surface area contributed by atoms with E-state index >= 15 is 0 Å². The predicted octanol–water partition coefficient (Wildman–Crippen LogP) is 3.56. The van der Waals surface area contributed by atoms with Gasteiger partial charge in [0.25, 0.3) is 5.69 Å². The van der Waals surface area contributed by atoms with Crippen molar-refractivity contribution < 1.29 is 9.66 Å². The minimum absolute atomic E-state index is 0.0911. The van der Waals surface area contributed by atoms with Gasteiger partial charge < -0.3 is 10.1 Å². The highest BCUT2D eigenvalue weighted by Gasteiger charge is 2.18. The molecule has 0 saturated carbocycles. The van der Waals surface area contributed by atoms with Gasteiger partial charge >= 0.3 is 0 Å². The van der Waals surface area contributed by atoms with Crippen LogP contribution in [0.15, 0.2) is 18.2 Å². The molecule has 1 aromatic carbocycles. The highest BCUT2D eigenvalue weighted by atomic mass is 16.6. The Morgan fingerprint density at radius 3 is 2.57 bits per heavy atom. The Morgan fingerprint density at radius 1 is 1.33 bits per heavy atom. The number of nitro groups is 1. The van der Waals surface area contributed by atoms with Crippen molar-refractivity contribution in [3.8, 4) is 5.75 Å². The lowest BCUT2D eigenvalue weighted by Crippen LogP contribution is -2.34. The van der Waals surface area contributed by atoms with Crippen LogP contribution < -0.4 is 10.1 Å². The molecule has 0 heterocycles. The molecule has 0 aromatic heterocycles. The van der Waals surface area contributed by atoms with E-state index in [-0.39, 0.29) is 10.6 Å². The molecule has 0 aliphatic rings. The standard InChI is InChI=1S/C16H26N2O3/c1-5-7-17-12(3)14(6-2)8-13-9-15(18(19)20)11-16(10-13)21-4/h9-12,14,17H,5-8H2,1-4H3. The third kappa shape index (κ3) is 5.34. The highest BCUT2D eigenvalue weighted by molar-refractivity contribution is 5.43. The van der Waals surface area contributed by atoms with Gasteiger partial charge in [0.2, 0.25) is 0 Å². The van der Waals surface area contributed by atoms with Crippen LogP contribution in [0.2, 0.25) is 0 Å². The maximum Gasteiger partial charge on any atom is 0.273 e. The summed E-state index contributed by atoms with van der Waals surface area (Å²) in [6.07, 6.45) is 2.95. The molecule has 5 nitrogen and oxygen atoms in total. The van der Waals surface area contributed by atoms with Crippen molar-refractivity contribution in [3.05, 3.63) is 33.9 Å². The monoisotopic (exact) mass is 294 g/mol. The number of hydrogen-bond donors (Lipinski definition) is 1.